The first-order valence-electron chi connectivity index (χ1n) is 4.66. The van der Waals surface area contributed by atoms with Gasteiger partial charge in [0.1, 0.15) is 6.07 Å². The third kappa shape index (κ3) is 2.78. The lowest BCUT2D eigenvalue weighted by Gasteiger charge is -2.18. The molecule has 0 atom stereocenters. The van der Waals surface area contributed by atoms with Gasteiger partial charge in [0, 0.05) is 0 Å². The van der Waals surface area contributed by atoms with Gasteiger partial charge < -0.3 is 4.74 Å². The van der Waals surface area contributed by atoms with Crippen LogP contribution in [0.2, 0.25) is 0 Å². The second kappa shape index (κ2) is 5.83. The normalized spacial score (nSPS) is 9.00. The minimum Gasteiger partial charge on any atom is -0.449 e. The molecule has 0 heterocycles. The van der Waals surface area contributed by atoms with Crippen LogP contribution in [-0.4, -0.2) is 17.7 Å². The van der Waals surface area contributed by atoms with Gasteiger partial charge in [-0.15, -0.1) is 0 Å². The molecular formula is C11H10N2O2S. The quantitative estimate of drug-likeness (QED) is 0.738. The molecule has 1 aromatic carbocycles. The molecule has 0 aliphatic heterocycles. The molecule has 0 aromatic heterocycles. The van der Waals surface area contributed by atoms with Gasteiger partial charge in [-0.05, 0) is 31.3 Å². The summed E-state index contributed by atoms with van der Waals surface area (Å²) in [6.45, 7) is 1.92. The van der Waals surface area contributed by atoms with Gasteiger partial charge in [0.2, 0.25) is 0 Å². The largest absolute Gasteiger partial charge is 0.449 e. The van der Waals surface area contributed by atoms with Crippen molar-refractivity contribution in [1.29, 1.82) is 5.26 Å². The Bertz CT molecular complexity index is 425. The van der Waals surface area contributed by atoms with Gasteiger partial charge in [-0.1, -0.05) is 18.2 Å². The summed E-state index contributed by atoms with van der Waals surface area (Å²) in [6, 6.07) is 10.4. The molecule has 0 saturated carbocycles. The molecule has 82 valence electrons. The maximum Gasteiger partial charge on any atom is 0.420 e. The highest BCUT2D eigenvalue weighted by Crippen LogP contribution is 2.15. The van der Waals surface area contributed by atoms with Crippen LogP contribution in [0.15, 0.2) is 30.3 Å². The van der Waals surface area contributed by atoms with E-state index in [4.69, 9.17) is 22.2 Å². The van der Waals surface area contributed by atoms with E-state index in [1.807, 2.05) is 6.07 Å². The lowest BCUT2D eigenvalue weighted by atomic mass is 10.3. The van der Waals surface area contributed by atoms with Crippen LogP contribution in [0.25, 0.3) is 0 Å². The van der Waals surface area contributed by atoms with Crippen molar-refractivity contribution in [2.45, 2.75) is 6.92 Å². The van der Waals surface area contributed by atoms with E-state index in [0.29, 0.717) is 5.69 Å². The fourth-order valence-corrected chi connectivity index (χ4v) is 1.30. The summed E-state index contributed by atoms with van der Waals surface area (Å²) in [6.07, 6.45) is -0.639. The van der Waals surface area contributed by atoms with Crippen molar-refractivity contribution < 1.29 is 9.53 Å². The van der Waals surface area contributed by atoms with Crippen LogP contribution in [0.4, 0.5) is 10.5 Å². The predicted octanol–water partition coefficient (Wildman–Crippen LogP) is 2.50. The average Bonchev–Trinajstić information content (AvgIpc) is 2.31. The number of carbonyl (C=O) groups is 1. The predicted molar refractivity (Wildman–Crippen MR) is 64.2 cm³/mol. The molecule has 0 unspecified atom stereocenters. The highest BCUT2D eigenvalue weighted by molar-refractivity contribution is 7.81. The van der Waals surface area contributed by atoms with E-state index in [1.165, 1.54) is 0 Å². The number of benzene rings is 1. The molecule has 0 saturated heterocycles. The summed E-state index contributed by atoms with van der Waals surface area (Å²) in [4.78, 5) is 12.5. The summed E-state index contributed by atoms with van der Waals surface area (Å²) in [5.74, 6) is 0. The van der Waals surface area contributed by atoms with Crippen LogP contribution >= 0.6 is 12.2 Å². The molecule has 0 radical (unpaired) electrons. The molecule has 1 aromatic rings. The number of para-hydroxylation sites is 1. The Morgan fingerprint density at radius 2 is 2.12 bits per heavy atom. The molecule has 0 fully saturated rings. The van der Waals surface area contributed by atoms with Crippen molar-refractivity contribution >= 4 is 29.0 Å². The van der Waals surface area contributed by atoms with Gasteiger partial charge in [-0.3, -0.25) is 0 Å². The average molecular weight is 234 g/mol. The number of amides is 1. The van der Waals surface area contributed by atoms with E-state index in [1.54, 1.807) is 37.3 Å². The van der Waals surface area contributed by atoms with E-state index in [-0.39, 0.29) is 11.6 Å². The molecule has 1 amide bonds. The summed E-state index contributed by atoms with van der Waals surface area (Å²) < 4.78 is 4.83. The molecule has 0 aliphatic rings. The zero-order valence-electron chi connectivity index (χ0n) is 8.71. The number of carbonyl (C=O) groups excluding carboxylic acids is 1. The van der Waals surface area contributed by atoms with Crippen molar-refractivity contribution in [3.05, 3.63) is 30.3 Å². The Morgan fingerprint density at radius 1 is 1.50 bits per heavy atom. The standard InChI is InChI=1S/C11H10N2O2S/c1-2-15-11(14)13(10(16)8-12)9-6-4-3-5-7-9/h3-7H,2H2,1H3. The molecule has 0 N–H and O–H groups in total. The van der Waals surface area contributed by atoms with Crippen molar-refractivity contribution in [3.8, 4) is 6.07 Å². The van der Waals surface area contributed by atoms with Crippen molar-refractivity contribution in [1.82, 2.24) is 0 Å². The Hall–Kier alpha value is -1.93. The van der Waals surface area contributed by atoms with Crippen LogP contribution in [0.5, 0.6) is 0 Å². The van der Waals surface area contributed by atoms with Gasteiger partial charge in [0.25, 0.3) is 0 Å². The van der Waals surface area contributed by atoms with Crippen LogP contribution < -0.4 is 4.90 Å². The minimum atomic E-state index is -0.639. The second-order valence-corrected chi connectivity index (χ2v) is 3.17. The Kier molecular flexibility index (Phi) is 4.42. The number of nitrogens with zero attached hydrogens (tertiary/aromatic N) is 2. The van der Waals surface area contributed by atoms with Crippen LogP contribution in [0, 0.1) is 11.3 Å². The summed E-state index contributed by atoms with van der Waals surface area (Å²) >= 11 is 4.81. The molecule has 0 aliphatic carbocycles. The first-order chi connectivity index (χ1) is 7.70. The van der Waals surface area contributed by atoms with Crippen LogP contribution in [0.3, 0.4) is 0 Å². The summed E-state index contributed by atoms with van der Waals surface area (Å²) in [5.41, 5.74) is 0.521. The zero-order valence-corrected chi connectivity index (χ0v) is 9.53. The molecule has 16 heavy (non-hydrogen) atoms. The van der Waals surface area contributed by atoms with Crippen molar-refractivity contribution in [2.24, 2.45) is 0 Å². The van der Waals surface area contributed by atoms with E-state index < -0.39 is 6.09 Å². The number of rotatable bonds is 2. The fraction of sp³-hybridized carbons (Fsp3) is 0.182. The third-order valence-electron chi connectivity index (χ3n) is 1.76. The van der Waals surface area contributed by atoms with Gasteiger partial charge in [-0.25, -0.2) is 9.69 Å². The van der Waals surface area contributed by atoms with Gasteiger partial charge >= 0.3 is 6.09 Å². The fourth-order valence-electron chi connectivity index (χ4n) is 1.12. The van der Waals surface area contributed by atoms with Crippen molar-refractivity contribution in [3.63, 3.8) is 0 Å². The number of nitriles is 1. The first-order valence-corrected chi connectivity index (χ1v) is 5.07. The maximum absolute atomic E-state index is 11.6. The number of anilines is 1. The number of thiocarbonyl (C=S) groups is 1. The van der Waals surface area contributed by atoms with E-state index in [0.717, 1.165) is 4.90 Å². The van der Waals surface area contributed by atoms with E-state index >= 15 is 0 Å². The maximum atomic E-state index is 11.6. The lowest BCUT2D eigenvalue weighted by Crippen LogP contribution is -2.35. The van der Waals surface area contributed by atoms with Crippen LogP contribution in [0.1, 0.15) is 6.92 Å². The first kappa shape index (κ1) is 12.1. The highest BCUT2D eigenvalue weighted by Gasteiger charge is 2.20. The summed E-state index contributed by atoms with van der Waals surface area (Å²) in [5, 5.41) is 8.74. The van der Waals surface area contributed by atoms with Gasteiger partial charge in [0.05, 0.1) is 12.3 Å². The monoisotopic (exact) mass is 234 g/mol. The van der Waals surface area contributed by atoms with Gasteiger partial charge in [0.15, 0.2) is 4.99 Å². The molecule has 0 spiro atoms. The van der Waals surface area contributed by atoms with Crippen LogP contribution in [-0.2, 0) is 4.74 Å². The van der Waals surface area contributed by atoms with Crippen molar-refractivity contribution in [2.75, 3.05) is 11.5 Å². The smallest absolute Gasteiger partial charge is 0.420 e. The lowest BCUT2D eigenvalue weighted by molar-refractivity contribution is 0.163. The van der Waals surface area contributed by atoms with E-state index in [2.05, 4.69) is 0 Å². The molecular weight excluding hydrogens is 224 g/mol. The Morgan fingerprint density at radius 3 is 2.62 bits per heavy atom. The number of ether oxygens (including phenoxy) is 1. The zero-order chi connectivity index (χ0) is 12.0. The minimum absolute atomic E-state index is 0.135. The molecule has 0 bridgehead atoms. The van der Waals surface area contributed by atoms with E-state index in [9.17, 15) is 4.79 Å². The molecule has 1 rings (SSSR count). The Labute approximate surface area is 99.0 Å². The second-order valence-electron chi connectivity index (χ2n) is 2.79. The summed E-state index contributed by atoms with van der Waals surface area (Å²) in [7, 11) is 0. The number of hydrogen-bond donors (Lipinski definition) is 0. The highest BCUT2D eigenvalue weighted by atomic mass is 32.1. The number of hydrogen-bond acceptors (Lipinski definition) is 4. The molecule has 4 nitrogen and oxygen atoms in total. The SMILES string of the molecule is CCOC(=O)N(C(=S)C#N)c1ccccc1. The topological polar surface area (TPSA) is 53.3 Å². The van der Waals surface area contributed by atoms with Gasteiger partial charge in [-0.2, -0.15) is 5.26 Å². The molecule has 5 heteroatoms. The Balaban J connectivity index is 3.03. The third-order valence-corrected chi connectivity index (χ3v) is 2.04.